The predicted octanol–water partition coefficient (Wildman–Crippen LogP) is 2.87. The highest BCUT2D eigenvalue weighted by Gasteiger charge is 2.20. The van der Waals surface area contributed by atoms with Crippen LogP contribution in [0.3, 0.4) is 0 Å². The Hall–Kier alpha value is -2.58. The van der Waals surface area contributed by atoms with Gasteiger partial charge in [0.1, 0.15) is 17.8 Å². The zero-order valence-electron chi connectivity index (χ0n) is 17.9. The third-order valence-corrected chi connectivity index (χ3v) is 4.79. The van der Waals surface area contributed by atoms with Gasteiger partial charge >= 0.3 is 0 Å². The fourth-order valence-electron chi connectivity index (χ4n) is 2.87. The summed E-state index contributed by atoms with van der Waals surface area (Å²) in [6.07, 6.45) is 2.34. The molecule has 0 spiro atoms. The number of oxazole rings is 1. The van der Waals surface area contributed by atoms with Crippen LogP contribution in [-0.4, -0.2) is 56.3 Å². The van der Waals surface area contributed by atoms with Crippen LogP contribution in [-0.2, 0) is 17.8 Å². The Morgan fingerprint density at radius 1 is 1.24 bits per heavy atom. The molecule has 2 rings (SSSR count). The Kier molecular flexibility index (Phi) is 8.95. The van der Waals surface area contributed by atoms with Gasteiger partial charge in [-0.1, -0.05) is 6.92 Å². The number of nitrogens with zero attached hydrogens (tertiary/aromatic N) is 2. The van der Waals surface area contributed by atoms with Gasteiger partial charge in [-0.2, -0.15) is 0 Å². The molecular weight excluding hydrogens is 374 g/mol. The predicted molar refractivity (Wildman–Crippen MR) is 109 cm³/mol. The topological polar surface area (TPSA) is 86.1 Å². The molecule has 1 aromatic heterocycles. The van der Waals surface area contributed by atoms with Crippen molar-refractivity contribution in [3.63, 3.8) is 0 Å². The molecule has 160 valence electrons. The van der Waals surface area contributed by atoms with Gasteiger partial charge in [0.25, 0.3) is 5.91 Å². The molecule has 2 aromatic rings. The number of nitrogens with one attached hydrogen (secondary N) is 1. The molecule has 0 saturated carbocycles. The SMILES string of the molecule is CCC(C)N(Cc1nc(C(=O)NCCOC)co1)Cc1cc(OC)ccc1OC. The highest BCUT2D eigenvalue weighted by molar-refractivity contribution is 5.91. The van der Waals surface area contributed by atoms with Crippen molar-refractivity contribution in [1.29, 1.82) is 0 Å². The minimum absolute atomic E-state index is 0.263. The van der Waals surface area contributed by atoms with Crippen molar-refractivity contribution in [2.24, 2.45) is 0 Å². The lowest BCUT2D eigenvalue weighted by molar-refractivity contribution is 0.0932. The summed E-state index contributed by atoms with van der Waals surface area (Å²) < 4.78 is 21.3. The molecule has 0 aliphatic rings. The van der Waals surface area contributed by atoms with Crippen LogP contribution in [0, 0.1) is 0 Å². The highest BCUT2D eigenvalue weighted by atomic mass is 16.5. The molecule has 8 heteroatoms. The number of hydrogen-bond donors (Lipinski definition) is 1. The van der Waals surface area contributed by atoms with Crippen molar-refractivity contribution in [2.75, 3.05) is 34.5 Å². The van der Waals surface area contributed by atoms with Crippen molar-refractivity contribution in [3.05, 3.63) is 41.6 Å². The third kappa shape index (κ3) is 6.47. The van der Waals surface area contributed by atoms with E-state index in [9.17, 15) is 4.79 Å². The molecular formula is C21H31N3O5. The highest BCUT2D eigenvalue weighted by Crippen LogP contribution is 2.27. The first kappa shape index (κ1) is 22.7. The van der Waals surface area contributed by atoms with Crippen LogP contribution < -0.4 is 14.8 Å². The van der Waals surface area contributed by atoms with Crippen LogP contribution in [0.4, 0.5) is 0 Å². The van der Waals surface area contributed by atoms with Crippen LogP contribution in [0.5, 0.6) is 11.5 Å². The zero-order valence-corrected chi connectivity index (χ0v) is 17.9. The first-order chi connectivity index (χ1) is 14.0. The number of rotatable bonds is 12. The molecule has 1 unspecified atom stereocenters. The van der Waals surface area contributed by atoms with E-state index >= 15 is 0 Å². The summed E-state index contributed by atoms with van der Waals surface area (Å²) in [5, 5.41) is 2.74. The Balaban J connectivity index is 2.13. The van der Waals surface area contributed by atoms with Gasteiger partial charge in [-0.3, -0.25) is 9.69 Å². The summed E-state index contributed by atoms with van der Waals surface area (Å²) in [4.78, 5) is 18.7. The van der Waals surface area contributed by atoms with Gasteiger partial charge in [0.05, 0.1) is 27.4 Å². The van der Waals surface area contributed by atoms with Gasteiger partial charge in [-0.05, 0) is 31.5 Å². The molecule has 1 N–H and O–H groups in total. The van der Waals surface area contributed by atoms with Gasteiger partial charge in [-0.25, -0.2) is 4.98 Å². The number of carbonyl (C=O) groups is 1. The van der Waals surface area contributed by atoms with E-state index in [4.69, 9.17) is 18.6 Å². The van der Waals surface area contributed by atoms with Crippen LogP contribution in [0.2, 0.25) is 0 Å². The summed E-state index contributed by atoms with van der Waals surface area (Å²) >= 11 is 0. The lowest BCUT2D eigenvalue weighted by Gasteiger charge is -2.28. The minimum atomic E-state index is -0.276. The fraction of sp³-hybridized carbons (Fsp3) is 0.524. The van der Waals surface area contributed by atoms with Gasteiger partial charge < -0.3 is 23.9 Å². The normalized spacial score (nSPS) is 12.1. The summed E-state index contributed by atoms with van der Waals surface area (Å²) in [6.45, 7) is 6.25. The van der Waals surface area contributed by atoms with Crippen LogP contribution >= 0.6 is 0 Å². The molecule has 1 aromatic carbocycles. The molecule has 0 aliphatic carbocycles. The lowest BCUT2D eigenvalue weighted by atomic mass is 10.1. The Morgan fingerprint density at radius 2 is 2.03 bits per heavy atom. The first-order valence-corrected chi connectivity index (χ1v) is 9.68. The maximum absolute atomic E-state index is 12.1. The van der Waals surface area contributed by atoms with Gasteiger partial charge in [-0.15, -0.1) is 0 Å². The van der Waals surface area contributed by atoms with Crippen molar-refractivity contribution >= 4 is 5.91 Å². The molecule has 1 atom stereocenters. The fourth-order valence-corrected chi connectivity index (χ4v) is 2.87. The number of hydrogen-bond acceptors (Lipinski definition) is 7. The number of aromatic nitrogens is 1. The maximum Gasteiger partial charge on any atom is 0.273 e. The van der Waals surface area contributed by atoms with E-state index in [0.717, 1.165) is 23.5 Å². The van der Waals surface area contributed by atoms with E-state index in [0.29, 0.717) is 32.1 Å². The first-order valence-electron chi connectivity index (χ1n) is 9.68. The molecule has 0 fully saturated rings. The van der Waals surface area contributed by atoms with E-state index < -0.39 is 0 Å². The Labute approximate surface area is 172 Å². The third-order valence-electron chi connectivity index (χ3n) is 4.79. The molecule has 0 radical (unpaired) electrons. The molecule has 1 heterocycles. The van der Waals surface area contributed by atoms with Crippen LogP contribution in [0.15, 0.2) is 28.9 Å². The number of amides is 1. The lowest BCUT2D eigenvalue weighted by Crippen LogP contribution is -2.32. The van der Waals surface area contributed by atoms with Crippen molar-refractivity contribution in [1.82, 2.24) is 15.2 Å². The quantitative estimate of drug-likeness (QED) is 0.543. The Bertz CT molecular complexity index is 777. The van der Waals surface area contributed by atoms with E-state index in [1.807, 2.05) is 18.2 Å². The van der Waals surface area contributed by atoms with Gasteiger partial charge in [0, 0.05) is 31.8 Å². The van der Waals surface area contributed by atoms with Crippen LogP contribution in [0.1, 0.15) is 42.2 Å². The molecule has 29 heavy (non-hydrogen) atoms. The van der Waals surface area contributed by atoms with Gasteiger partial charge in [0.15, 0.2) is 5.69 Å². The van der Waals surface area contributed by atoms with Gasteiger partial charge in [0.2, 0.25) is 5.89 Å². The summed E-state index contributed by atoms with van der Waals surface area (Å²) in [6, 6.07) is 6.02. The number of benzene rings is 1. The molecule has 8 nitrogen and oxygen atoms in total. The van der Waals surface area contributed by atoms with Crippen molar-refractivity contribution in [3.8, 4) is 11.5 Å². The maximum atomic E-state index is 12.1. The minimum Gasteiger partial charge on any atom is -0.497 e. The summed E-state index contributed by atoms with van der Waals surface area (Å²) in [7, 11) is 4.88. The monoisotopic (exact) mass is 405 g/mol. The molecule has 0 bridgehead atoms. The van der Waals surface area contributed by atoms with E-state index in [1.54, 1.807) is 21.3 Å². The molecule has 1 amide bonds. The average Bonchev–Trinajstić information content (AvgIpc) is 3.21. The van der Waals surface area contributed by atoms with Crippen LogP contribution in [0.25, 0.3) is 0 Å². The average molecular weight is 405 g/mol. The van der Waals surface area contributed by atoms with E-state index in [-0.39, 0.29) is 17.6 Å². The number of methoxy groups -OCH3 is 3. The standard InChI is InChI=1S/C21H31N3O5/c1-6-15(2)24(12-16-11-17(27-4)7-8-19(16)28-5)13-20-23-18(14-29-20)21(25)22-9-10-26-3/h7-8,11,14-15H,6,9-10,12-13H2,1-5H3,(H,22,25). The number of ether oxygens (including phenoxy) is 3. The number of carbonyl (C=O) groups excluding carboxylic acids is 1. The second-order valence-corrected chi connectivity index (χ2v) is 6.72. The zero-order chi connectivity index (χ0) is 21.2. The molecule has 0 aliphatic heterocycles. The van der Waals surface area contributed by atoms with E-state index in [1.165, 1.54) is 6.26 Å². The molecule has 0 saturated heterocycles. The summed E-state index contributed by atoms with van der Waals surface area (Å²) in [5.41, 5.74) is 1.27. The van der Waals surface area contributed by atoms with Crippen molar-refractivity contribution in [2.45, 2.75) is 39.4 Å². The second kappa shape index (κ2) is 11.4. The van der Waals surface area contributed by atoms with E-state index in [2.05, 4.69) is 29.0 Å². The summed E-state index contributed by atoms with van der Waals surface area (Å²) in [5.74, 6) is 1.78. The van der Waals surface area contributed by atoms with Crippen molar-refractivity contribution < 1.29 is 23.4 Å². The smallest absolute Gasteiger partial charge is 0.273 e. The second-order valence-electron chi connectivity index (χ2n) is 6.72. The Morgan fingerprint density at radius 3 is 2.69 bits per heavy atom. The largest absolute Gasteiger partial charge is 0.497 e.